The summed E-state index contributed by atoms with van der Waals surface area (Å²) < 4.78 is 6.99. The average molecular weight is 352 g/mol. The van der Waals surface area contributed by atoms with Crippen molar-refractivity contribution in [2.75, 3.05) is 0 Å². The summed E-state index contributed by atoms with van der Waals surface area (Å²) >= 11 is 5.30. The molecule has 0 bridgehead atoms. The number of benzene rings is 1. The fourth-order valence-corrected chi connectivity index (χ4v) is 3.41. The van der Waals surface area contributed by atoms with Gasteiger partial charge >= 0.3 is 0 Å². The zero-order chi connectivity index (χ0) is 13.9. The Hall–Kier alpha value is -0.840. The minimum Gasteiger partial charge on any atom is -0.488 e. The highest BCUT2D eigenvalue weighted by atomic mass is 79.9. The first kappa shape index (κ1) is 14.1. The second kappa shape index (κ2) is 6.29. The van der Waals surface area contributed by atoms with Crippen LogP contribution in [0.15, 0.2) is 34.8 Å². The fraction of sp³-hybridized carbons (Fsp3) is 0.375. The Labute approximate surface area is 132 Å². The molecule has 0 aliphatic heterocycles. The van der Waals surface area contributed by atoms with Crippen molar-refractivity contribution in [3.8, 4) is 5.75 Å². The highest BCUT2D eigenvalue weighted by molar-refractivity contribution is 9.10. The molecule has 0 amide bonds. The lowest BCUT2D eigenvalue weighted by Gasteiger charge is -2.08. The van der Waals surface area contributed by atoms with E-state index in [-0.39, 0.29) is 0 Å². The highest BCUT2D eigenvalue weighted by Gasteiger charge is 2.20. The lowest BCUT2D eigenvalue weighted by atomic mass is 10.2. The van der Waals surface area contributed by atoms with Gasteiger partial charge in [-0.25, -0.2) is 0 Å². The first-order valence-corrected chi connectivity index (χ1v) is 8.51. The molecule has 1 aromatic carbocycles. The third kappa shape index (κ3) is 3.84. The maximum absolute atomic E-state index is 5.90. The summed E-state index contributed by atoms with van der Waals surface area (Å²) in [6, 6.07) is 11.2. The Morgan fingerprint density at radius 2 is 2.05 bits per heavy atom. The van der Waals surface area contributed by atoms with Crippen LogP contribution in [0.2, 0.25) is 0 Å². The van der Waals surface area contributed by atoms with Crippen LogP contribution in [0.5, 0.6) is 5.75 Å². The van der Waals surface area contributed by atoms with Crippen LogP contribution in [0.25, 0.3) is 0 Å². The Morgan fingerprint density at radius 3 is 2.80 bits per heavy atom. The monoisotopic (exact) mass is 351 g/mol. The van der Waals surface area contributed by atoms with Gasteiger partial charge in [-0.15, -0.1) is 11.3 Å². The van der Waals surface area contributed by atoms with Gasteiger partial charge in [-0.05, 0) is 55.7 Å². The van der Waals surface area contributed by atoms with Gasteiger partial charge in [0.05, 0.1) is 0 Å². The molecule has 1 N–H and O–H groups in total. The third-order valence-electron chi connectivity index (χ3n) is 3.37. The highest BCUT2D eigenvalue weighted by Crippen LogP contribution is 2.25. The summed E-state index contributed by atoms with van der Waals surface area (Å²) in [6.07, 6.45) is 2.67. The van der Waals surface area contributed by atoms with E-state index in [1.165, 1.54) is 22.6 Å². The number of rotatable bonds is 6. The quantitative estimate of drug-likeness (QED) is 0.817. The molecule has 3 rings (SSSR count). The van der Waals surface area contributed by atoms with Crippen molar-refractivity contribution in [3.05, 3.63) is 50.1 Å². The maximum Gasteiger partial charge on any atom is 0.122 e. The van der Waals surface area contributed by atoms with Crippen LogP contribution in [-0.4, -0.2) is 6.04 Å². The molecule has 0 unspecified atom stereocenters. The predicted octanol–water partition coefficient (Wildman–Crippen LogP) is 4.65. The minimum atomic E-state index is 0.649. The van der Waals surface area contributed by atoms with Crippen LogP contribution >= 0.6 is 27.3 Å². The van der Waals surface area contributed by atoms with Crippen LogP contribution in [0.3, 0.4) is 0 Å². The van der Waals surface area contributed by atoms with Gasteiger partial charge in [-0.2, -0.15) is 0 Å². The number of hydrogen-bond donors (Lipinski definition) is 1. The zero-order valence-corrected chi connectivity index (χ0v) is 13.9. The van der Waals surface area contributed by atoms with Crippen LogP contribution in [0, 0.1) is 6.92 Å². The van der Waals surface area contributed by atoms with Crippen LogP contribution in [0.1, 0.15) is 28.2 Å². The van der Waals surface area contributed by atoms with Crippen molar-refractivity contribution in [1.82, 2.24) is 5.32 Å². The Kier molecular flexibility index (Phi) is 4.44. The molecule has 106 valence electrons. The summed E-state index contributed by atoms with van der Waals surface area (Å²) in [5.41, 5.74) is 1.16. The van der Waals surface area contributed by atoms with E-state index in [1.54, 1.807) is 0 Å². The number of nitrogens with one attached hydrogen (secondary N) is 1. The van der Waals surface area contributed by atoms with Gasteiger partial charge in [-0.1, -0.05) is 15.9 Å². The number of hydrogen-bond acceptors (Lipinski definition) is 3. The van der Waals surface area contributed by atoms with E-state index >= 15 is 0 Å². The molecule has 1 fully saturated rings. The van der Waals surface area contributed by atoms with E-state index in [9.17, 15) is 0 Å². The largest absolute Gasteiger partial charge is 0.488 e. The topological polar surface area (TPSA) is 21.3 Å². The van der Waals surface area contributed by atoms with E-state index in [0.29, 0.717) is 6.61 Å². The number of thiophene rings is 1. The molecular formula is C16H18BrNOS. The van der Waals surface area contributed by atoms with E-state index in [1.807, 2.05) is 23.5 Å². The normalized spacial score (nSPS) is 14.5. The van der Waals surface area contributed by atoms with Gasteiger partial charge in [0.15, 0.2) is 0 Å². The van der Waals surface area contributed by atoms with Crippen LogP contribution < -0.4 is 10.1 Å². The number of aryl methyl sites for hydroxylation is 1. The standard InChI is InChI=1S/C16H18BrNOS/c1-11-8-12(17)2-7-16(11)19-10-15-6-5-14(20-15)9-18-13-3-4-13/h2,5-8,13,18H,3-4,9-10H2,1H3. The molecule has 1 aliphatic rings. The van der Waals surface area contributed by atoms with Gasteiger partial charge in [0.1, 0.15) is 12.4 Å². The van der Waals surface area contributed by atoms with Gasteiger partial charge < -0.3 is 10.1 Å². The fourth-order valence-electron chi connectivity index (χ4n) is 2.05. The van der Waals surface area contributed by atoms with Gasteiger partial charge in [0.2, 0.25) is 0 Å². The molecule has 1 saturated carbocycles. The molecular weight excluding hydrogens is 334 g/mol. The average Bonchev–Trinajstić information content (AvgIpc) is 3.14. The number of halogens is 1. The van der Waals surface area contributed by atoms with Crippen molar-refractivity contribution in [1.29, 1.82) is 0 Å². The Bertz CT molecular complexity index is 592. The van der Waals surface area contributed by atoms with Crippen molar-refractivity contribution in [3.63, 3.8) is 0 Å². The first-order valence-electron chi connectivity index (χ1n) is 6.90. The molecule has 2 nitrogen and oxygen atoms in total. The van der Waals surface area contributed by atoms with Crippen molar-refractivity contribution in [2.45, 2.75) is 39.0 Å². The molecule has 0 saturated heterocycles. The van der Waals surface area contributed by atoms with Gasteiger partial charge in [-0.3, -0.25) is 0 Å². The summed E-state index contributed by atoms with van der Waals surface area (Å²) in [4.78, 5) is 2.67. The lowest BCUT2D eigenvalue weighted by molar-refractivity contribution is 0.307. The number of ether oxygens (including phenoxy) is 1. The summed E-state index contributed by atoms with van der Waals surface area (Å²) in [5, 5.41) is 3.54. The van der Waals surface area contributed by atoms with E-state index < -0.39 is 0 Å². The summed E-state index contributed by atoms with van der Waals surface area (Å²) in [5.74, 6) is 0.958. The second-order valence-electron chi connectivity index (χ2n) is 5.22. The molecule has 20 heavy (non-hydrogen) atoms. The molecule has 0 atom stereocenters. The minimum absolute atomic E-state index is 0.649. The van der Waals surface area contributed by atoms with Crippen LogP contribution in [-0.2, 0) is 13.2 Å². The molecule has 0 spiro atoms. The summed E-state index contributed by atoms with van der Waals surface area (Å²) in [6.45, 7) is 3.71. The van der Waals surface area contributed by atoms with Crippen LogP contribution in [0.4, 0.5) is 0 Å². The van der Waals surface area contributed by atoms with E-state index in [0.717, 1.165) is 28.4 Å². The lowest BCUT2D eigenvalue weighted by Crippen LogP contribution is -2.14. The zero-order valence-electron chi connectivity index (χ0n) is 11.5. The molecule has 0 radical (unpaired) electrons. The van der Waals surface area contributed by atoms with Gasteiger partial charge in [0, 0.05) is 26.8 Å². The van der Waals surface area contributed by atoms with Gasteiger partial charge in [0.25, 0.3) is 0 Å². The van der Waals surface area contributed by atoms with Crippen molar-refractivity contribution >= 4 is 27.3 Å². The van der Waals surface area contributed by atoms with Crippen molar-refractivity contribution < 1.29 is 4.74 Å². The smallest absolute Gasteiger partial charge is 0.122 e. The molecule has 2 aromatic rings. The maximum atomic E-state index is 5.90. The third-order valence-corrected chi connectivity index (χ3v) is 4.92. The predicted molar refractivity (Wildman–Crippen MR) is 87.4 cm³/mol. The van der Waals surface area contributed by atoms with E-state index in [2.05, 4.69) is 46.4 Å². The Morgan fingerprint density at radius 1 is 1.25 bits per heavy atom. The summed E-state index contributed by atoms with van der Waals surface area (Å²) in [7, 11) is 0. The van der Waals surface area contributed by atoms with Crippen molar-refractivity contribution in [2.24, 2.45) is 0 Å². The Balaban J connectivity index is 1.54. The molecule has 1 aromatic heterocycles. The molecule has 4 heteroatoms. The first-order chi connectivity index (χ1) is 9.70. The second-order valence-corrected chi connectivity index (χ2v) is 7.39. The molecule has 1 aliphatic carbocycles. The van der Waals surface area contributed by atoms with E-state index in [4.69, 9.17) is 4.74 Å². The SMILES string of the molecule is Cc1cc(Br)ccc1OCc1ccc(CNC2CC2)s1. The molecule has 1 heterocycles.